The molecule has 0 saturated heterocycles. The van der Waals surface area contributed by atoms with Gasteiger partial charge >= 0.3 is 20.3 Å². The Bertz CT molecular complexity index is 534. The third-order valence-electron chi connectivity index (χ3n) is 2.52. The lowest BCUT2D eigenvalue weighted by Crippen LogP contribution is -2.47. The van der Waals surface area contributed by atoms with Crippen LogP contribution in [-0.2, 0) is 15.7 Å². The first-order chi connectivity index (χ1) is 8.37. The van der Waals surface area contributed by atoms with Crippen molar-refractivity contribution < 1.29 is 38.4 Å². The molecule has 0 unspecified atom stereocenters. The zero-order chi connectivity index (χ0) is 15.1. The molecule has 108 valence electrons. The van der Waals surface area contributed by atoms with E-state index in [-0.39, 0.29) is 0 Å². The van der Waals surface area contributed by atoms with Crippen molar-refractivity contribution in [1.82, 2.24) is 0 Å². The van der Waals surface area contributed by atoms with Gasteiger partial charge in [0, 0.05) is 11.1 Å². The molecule has 1 heterocycles. The number of aromatic nitrogens is 1. The molecule has 0 saturated carbocycles. The number of hydrogen-bond acceptors (Lipinski definition) is 3. The summed E-state index contributed by atoms with van der Waals surface area (Å²) in [6.07, 6.45) is 2.84. The summed E-state index contributed by atoms with van der Waals surface area (Å²) in [5, 5.41) is 6.33. The molecule has 0 radical (unpaired) electrons. The largest absolute Gasteiger partial charge is 0.376 e. The predicted octanol–water partition coefficient (Wildman–Crippen LogP) is -0.408. The smallest absolute Gasteiger partial charge is 0.363 e. The minimum absolute atomic E-state index is 0.721. The molecular weight excluding hydrogens is 296 g/mol. The molecule has 1 rings (SSSR count). The van der Waals surface area contributed by atoms with E-state index >= 15 is 0 Å². The number of aliphatic hydroxyl groups is 1. The van der Waals surface area contributed by atoms with Crippen molar-refractivity contribution in [2.45, 2.75) is 25.5 Å². The molecule has 10 heteroatoms. The van der Waals surface area contributed by atoms with Crippen molar-refractivity contribution in [2.75, 3.05) is 0 Å². The lowest BCUT2D eigenvalue weighted by molar-refractivity contribution is -0.704. The van der Waals surface area contributed by atoms with Crippen molar-refractivity contribution in [3.8, 4) is 0 Å². The summed E-state index contributed by atoms with van der Waals surface area (Å²) in [5.41, 5.74) is 1.44. The lowest BCUT2D eigenvalue weighted by atomic mass is 10.2. The van der Waals surface area contributed by atoms with E-state index in [0.29, 0.717) is 0 Å². The summed E-state index contributed by atoms with van der Waals surface area (Å²) >= 11 is 0. The second-order valence-corrected chi connectivity index (χ2v) is 8.43. The fourth-order valence-electron chi connectivity index (χ4n) is 1.68. The average molecular weight is 312 g/mol. The van der Waals surface area contributed by atoms with Crippen molar-refractivity contribution in [1.29, 1.82) is 0 Å². The number of pyridine rings is 1. The Morgan fingerprint density at radius 3 is 1.74 bits per heavy atom. The summed E-state index contributed by atoms with van der Waals surface area (Å²) in [4.78, 5) is 36.1. The van der Waals surface area contributed by atoms with Crippen molar-refractivity contribution in [2.24, 2.45) is 0 Å². The lowest BCUT2D eigenvalue weighted by Gasteiger charge is -2.26. The Morgan fingerprint density at radius 1 is 1.05 bits per heavy atom. The van der Waals surface area contributed by atoms with Gasteiger partial charge in [-0.25, -0.2) is 4.57 Å². The van der Waals surface area contributed by atoms with Gasteiger partial charge in [0.2, 0.25) is 6.54 Å². The van der Waals surface area contributed by atoms with Gasteiger partial charge in [0.05, 0.1) is 0 Å². The van der Waals surface area contributed by atoms with Crippen LogP contribution in [0.3, 0.4) is 0 Å². The van der Waals surface area contributed by atoms with Gasteiger partial charge in [-0.05, 0) is 19.9 Å². The van der Waals surface area contributed by atoms with Crippen LogP contribution in [0.1, 0.15) is 11.1 Å². The highest BCUT2D eigenvalue weighted by atomic mass is 31.2. The highest BCUT2D eigenvalue weighted by molar-refractivity contribution is 7.72. The van der Waals surface area contributed by atoms with Gasteiger partial charge in [0.1, 0.15) is 0 Å². The molecule has 0 aromatic carbocycles. The Hall–Kier alpha value is -0.590. The minimum Gasteiger partial charge on any atom is -0.363 e. The van der Waals surface area contributed by atoms with Gasteiger partial charge in [-0.15, -0.1) is 0 Å². The topological polar surface area (TPSA) is 139 Å². The molecule has 0 aliphatic carbocycles. The number of rotatable bonds is 4. The van der Waals surface area contributed by atoms with Crippen LogP contribution in [0.4, 0.5) is 0 Å². The summed E-state index contributed by atoms with van der Waals surface area (Å²) in [7, 11) is -10.9. The zero-order valence-corrected chi connectivity index (χ0v) is 12.1. The summed E-state index contributed by atoms with van der Waals surface area (Å²) in [6, 6.07) is 1.77. The zero-order valence-electron chi connectivity index (χ0n) is 10.3. The van der Waals surface area contributed by atoms with Crippen LogP contribution in [0.2, 0.25) is 0 Å². The van der Waals surface area contributed by atoms with Gasteiger partial charge in [0.25, 0.3) is 0 Å². The standard InChI is InChI=1S/C9H15NO7P2/c1-7-3-8(2)5-10(4-7)6-9(11,18(12,13)14)19(15,16)17/h3-5,11H,6H2,1-2H3,(H3-,12,13,14,15,16,17)/p+1. The number of nitrogens with zero attached hydrogens (tertiary/aromatic N) is 1. The van der Waals surface area contributed by atoms with Gasteiger partial charge in [-0.1, -0.05) is 0 Å². The summed E-state index contributed by atoms with van der Waals surface area (Å²) in [6.45, 7) is 2.50. The second-order valence-electron chi connectivity index (χ2n) is 4.43. The molecule has 1 aromatic rings. The van der Waals surface area contributed by atoms with Gasteiger partial charge in [-0.2, -0.15) is 0 Å². The number of hydrogen-bond donors (Lipinski definition) is 5. The molecule has 0 aliphatic heterocycles. The first kappa shape index (κ1) is 16.5. The Kier molecular flexibility index (Phi) is 4.39. The van der Waals surface area contributed by atoms with Crippen LogP contribution in [0.15, 0.2) is 18.5 Å². The molecule has 0 spiro atoms. The molecule has 5 N–H and O–H groups in total. The highest BCUT2D eigenvalue weighted by Gasteiger charge is 2.62. The fraction of sp³-hybridized carbons (Fsp3) is 0.444. The minimum atomic E-state index is -5.43. The fourth-order valence-corrected chi connectivity index (χ4v) is 3.74. The van der Waals surface area contributed by atoms with Crippen molar-refractivity contribution >= 4 is 15.2 Å². The molecule has 0 fully saturated rings. The maximum Gasteiger partial charge on any atom is 0.376 e. The van der Waals surface area contributed by atoms with Crippen LogP contribution in [0.25, 0.3) is 0 Å². The number of aryl methyl sites for hydroxylation is 2. The molecule has 8 nitrogen and oxygen atoms in total. The molecule has 1 aromatic heterocycles. The Labute approximate surface area is 109 Å². The molecular formula is C9H16NO7P2+. The van der Waals surface area contributed by atoms with Crippen LogP contribution in [0, 0.1) is 13.8 Å². The Balaban J connectivity index is 3.31. The maximum absolute atomic E-state index is 11.2. The van der Waals surface area contributed by atoms with E-state index in [1.54, 1.807) is 19.9 Å². The third kappa shape index (κ3) is 3.49. The molecule has 0 amide bonds. The van der Waals surface area contributed by atoms with Crippen LogP contribution < -0.4 is 4.57 Å². The van der Waals surface area contributed by atoms with E-state index in [9.17, 15) is 14.2 Å². The maximum atomic E-state index is 11.2. The van der Waals surface area contributed by atoms with Crippen molar-refractivity contribution in [3.05, 3.63) is 29.6 Å². The van der Waals surface area contributed by atoms with Crippen molar-refractivity contribution in [3.63, 3.8) is 0 Å². The summed E-state index contributed by atoms with van der Waals surface area (Å²) < 4.78 is 23.6. The first-order valence-corrected chi connectivity index (χ1v) is 8.40. The summed E-state index contributed by atoms with van der Waals surface area (Å²) in [5.74, 6) is 0. The molecule has 0 bridgehead atoms. The predicted molar refractivity (Wildman–Crippen MR) is 65.1 cm³/mol. The van der Waals surface area contributed by atoms with E-state index in [1.165, 1.54) is 12.4 Å². The van der Waals surface area contributed by atoms with Crippen LogP contribution >= 0.6 is 15.2 Å². The third-order valence-corrected chi connectivity index (χ3v) is 6.23. The van der Waals surface area contributed by atoms with E-state index in [1.807, 2.05) is 0 Å². The van der Waals surface area contributed by atoms with E-state index in [2.05, 4.69) is 0 Å². The SMILES string of the molecule is Cc1cc(C)c[n+](CC(O)(P(=O)(O)O)P(=O)(O)O)c1. The van der Waals surface area contributed by atoms with Gasteiger partial charge in [-0.3, -0.25) is 9.13 Å². The average Bonchev–Trinajstić information content (AvgIpc) is 2.11. The quantitative estimate of drug-likeness (QED) is 0.376. The van der Waals surface area contributed by atoms with Gasteiger partial charge < -0.3 is 24.7 Å². The van der Waals surface area contributed by atoms with Gasteiger partial charge in [0.15, 0.2) is 12.4 Å². The molecule has 0 aliphatic rings. The van der Waals surface area contributed by atoms with E-state index in [4.69, 9.17) is 19.6 Å². The highest BCUT2D eigenvalue weighted by Crippen LogP contribution is 2.67. The van der Waals surface area contributed by atoms with E-state index in [0.717, 1.165) is 15.7 Å². The first-order valence-electron chi connectivity index (χ1n) is 5.18. The monoisotopic (exact) mass is 312 g/mol. The van der Waals surface area contributed by atoms with Crippen LogP contribution in [0.5, 0.6) is 0 Å². The van der Waals surface area contributed by atoms with E-state index < -0.39 is 26.8 Å². The normalized spacial score (nSPS) is 13.6. The molecule has 19 heavy (non-hydrogen) atoms. The second kappa shape index (κ2) is 5.07. The molecule has 0 atom stereocenters. The van der Waals surface area contributed by atoms with Crippen LogP contribution in [-0.4, -0.2) is 29.8 Å². The Morgan fingerprint density at radius 2 is 1.42 bits per heavy atom.